The fourth-order valence-corrected chi connectivity index (χ4v) is 3.37. The van der Waals surface area contributed by atoms with E-state index in [1.807, 2.05) is 0 Å². The van der Waals surface area contributed by atoms with Crippen LogP contribution in [-0.2, 0) is 0 Å². The maximum atomic E-state index is 3.72. The van der Waals surface area contributed by atoms with Crippen molar-refractivity contribution in [3.8, 4) is 0 Å². The summed E-state index contributed by atoms with van der Waals surface area (Å²) in [6.45, 7) is 16.4. The number of rotatable bonds is 7. The van der Waals surface area contributed by atoms with Crippen molar-refractivity contribution in [2.45, 2.75) is 79.3 Å². The molecule has 0 amide bonds. The summed E-state index contributed by atoms with van der Waals surface area (Å²) in [4.78, 5) is 2.60. The van der Waals surface area contributed by atoms with E-state index in [4.69, 9.17) is 0 Å². The molecule has 120 valence electrons. The smallest absolute Gasteiger partial charge is 0.00871 e. The fourth-order valence-electron chi connectivity index (χ4n) is 3.37. The summed E-state index contributed by atoms with van der Waals surface area (Å²) >= 11 is 0. The minimum Gasteiger partial charge on any atom is -0.314 e. The molecule has 0 spiro atoms. The molecule has 1 fully saturated rings. The summed E-state index contributed by atoms with van der Waals surface area (Å²) in [5.41, 5.74) is 0.495. The lowest BCUT2D eigenvalue weighted by atomic mass is 9.70. The third-order valence-corrected chi connectivity index (χ3v) is 5.47. The first-order chi connectivity index (χ1) is 9.26. The molecule has 1 N–H and O–H groups in total. The third-order valence-electron chi connectivity index (χ3n) is 5.47. The van der Waals surface area contributed by atoms with Gasteiger partial charge in [-0.2, -0.15) is 0 Å². The maximum Gasteiger partial charge on any atom is 0.00871 e. The Kier molecular flexibility index (Phi) is 7.00. The second-order valence-corrected chi connectivity index (χ2v) is 8.12. The van der Waals surface area contributed by atoms with Crippen LogP contribution in [0.25, 0.3) is 0 Å². The highest BCUT2D eigenvalue weighted by molar-refractivity contribution is 4.90. The Hall–Kier alpha value is -0.0800. The molecule has 1 aliphatic carbocycles. The molecule has 2 nitrogen and oxygen atoms in total. The number of hydrogen-bond acceptors (Lipinski definition) is 2. The van der Waals surface area contributed by atoms with Crippen molar-refractivity contribution in [3.05, 3.63) is 0 Å². The fraction of sp³-hybridized carbons (Fsp3) is 1.00. The molecule has 1 atom stereocenters. The Labute approximate surface area is 127 Å². The topological polar surface area (TPSA) is 15.3 Å². The quantitative estimate of drug-likeness (QED) is 0.754. The number of hydrogen-bond donors (Lipinski definition) is 1. The van der Waals surface area contributed by atoms with Gasteiger partial charge >= 0.3 is 0 Å². The van der Waals surface area contributed by atoms with Crippen LogP contribution in [0.3, 0.4) is 0 Å². The van der Waals surface area contributed by atoms with Gasteiger partial charge < -0.3 is 10.2 Å². The van der Waals surface area contributed by atoms with Crippen LogP contribution in [0.15, 0.2) is 0 Å². The normalized spacial score (nSPS) is 29.4. The Morgan fingerprint density at radius 2 is 1.65 bits per heavy atom. The summed E-state index contributed by atoms with van der Waals surface area (Å²) in [5, 5.41) is 3.72. The first-order valence-electron chi connectivity index (χ1n) is 8.69. The molecule has 1 aliphatic rings. The van der Waals surface area contributed by atoms with Gasteiger partial charge in [-0.1, -0.05) is 47.5 Å². The molecule has 1 unspecified atom stereocenters. The van der Waals surface area contributed by atoms with Gasteiger partial charge in [0.15, 0.2) is 0 Å². The van der Waals surface area contributed by atoms with Crippen molar-refractivity contribution in [3.63, 3.8) is 0 Å². The number of nitrogens with zero attached hydrogens (tertiary/aromatic N) is 1. The average molecular weight is 283 g/mol. The highest BCUT2D eigenvalue weighted by Gasteiger charge is 2.36. The molecular weight excluding hydrogens is 244 g/mol. The Balaban J connectivity index is 2.67. The Morgan fingerprint density at radius 1 is 1.10 bits per heavy atom. The van der Waals surface area contributed by atoms with Gasteiger partial charge in [-0.15, -0.1) is 0 Å². The van der Waals surface area contributed by atoms with E-state index in [2.05, 4.69) is 58.8 Å². The first-order valence-corrected chi connectivity index (χ1v) is 8.69. The molecule has 0 aromatic heterocycles. The lowest BCUT2D eigenvalue weighted by molar-refractivity contribution is 0.0695. The standard InChI is InChI=1S/C18H38N2/c1-14(2)17(6)20(7)13-18(12-19-15(3)4)10-8-16(5)9-11-18/h14-17,19H,8-13H2,1-7H3. The molecule has 1 rings (SSSR count). The minimum atomic E-state index is 0.495. The highest BCUT2D eigenvalue weighted by atomic mass is 15.1. The van der Waals surface area contributed by atoms with Crippen LogP contribution >= 0.6 is 0 Å². The molecule has 0 saturated heterocycles. The SMILES string of the molecule is CC1CCC(CNC(C)C)(CN(C)C(C)C(C)C)CC1. The molecule has 20 heavy (non-hydrogen) atoms. The zero-order valence-corrected chi connectivity index (χ0v) is 15.0. The van der Waals surface area contributed by atoms with Crippen LogP contribution in [-0.4, -0.2) is 37.1 Å². The van der Waals surface area contributed by atoms with Crippen LogP contribution in [0.2, 0.25) is 0 Å². The zero-order valence-electron chi connectivity index (χ0n) is 15.0. The molecule has 0 aliphatic heterocycles. The van der Waals surface area contributed by atoms with Gasteiger partial charge in [-0.05, 0) is 44.1 Å². The van der Waals surface area contributed by atoms with Gasteiger partial charge in [0.05, 0.1) is 0 Å². The predicted octanol–water partition coefficient (Wildman–Crippen LogP) is 4.16. The molecular formula is C18H38N2. The Morgan fingerprint density at radius 3 is 2.10 bits per heavy atom. The van der Waals surface area contributed by atoms with Gasteiger partial charge in [0, 0.05) is 25.2 Å². The molecule has 0 aromatic rings. The van der Waals surface area contributed by atoms with Crippen LogP contribution in [0, 0.1) is 17.3 Å². The van der Waals surface area contributed by atoms with Crippen molar-refractivity contribution in [2.24, 2.45) is 17.3 Å². The van der Waals surface area contributed by atoms with E-state index in [1.165, 1.54) is 38.8 Å². The van der Waals surface area contributed by atoms with Crippen molar-refractivity contribution >= 4 is 0 Å². The summed E-state index contributed by atoms with van der Waals surface area (Å²) in [6, 6.07) is 1.27. The van der Waals surface area contributed by atoms with Crippen molar-refractivity contribution < 1.29 is 0 Å². The van der Waals surface area contributed by atoms with Gasteiger partial charge in [0.1, 0.15) is 0 Å². The van der Waals surface area contributed by atoms with E-state index in [1.54, 1.807) is 0 Å². The monoisotopic (exact) mass is 282 g/mol. The predicted molar refractivity (Wildman–Crippen MR) is 90.1 cm³/mol. The van der Waals surface area contributed by atoms with E-state index < -0.39 is 0 Å². The zero-order chi connectivity index (χ0) is 15.3. The molecule has 1 saturated carbocycles. The van der Waals surface area contributed by atoms with E-state index in [9.17, 15) is 0 Å². The second kappa shape index (κ2) is 7.79. The maximum absolute atomic E-state index is 3.72. The largest absolute Gasteiger partial charge is 0.314 e. The molecule has 0 aromatic carbocycles. The lowest BCUT2D eigenvalue weighted by Crippen LogP contribution is -2.49. The lowest BCUT2D eigenvalue weighted by Gasteiger charge is -2.44. The molecule has 0 heterocycles. The van der Waals surface area contributed by atoms with Gasteiger partial charge in [0.2, 0.25) is 0 Å². The van der Waals surface area contributed by atoms with Crippen molar-refractivity contribution in [1.82, 2.24) is 10.2 Å². The van der Waals surface area contributed by atoms with E-state index in [0.29, 0.717) is 17.5 Å². The van der Waals surface area contributed by atoms with E-state index >= 15 is 0 Å². The second-order valence-electron chi connectivity index (χ2n) is 8.12. The van der Waals surface area contributed by atoms with Crippen LogP contribution < -0.4 is 5.32 Å². The molecule has 0 radical (unpaired) electrons. The van der Waals surface area contributed by atoms with Crippen LogP contribution in [0.5, 0.6) is 0 Å². The number of nitrogens with one attached hydrogen (secondary N) is 1. The minimum absolute atomic E-state index is 0.495. The van der Waals surface area contributed by atoms with E-state index in [0.717, 1.165) is 11.8 Å². The van der Waals surface area contributed by atoms with Gasteiger partial charge in [-0.25, -0.2) is 0 Å². The summed E-state index contributed by atoms with van der Waals surface area (Å²) in [6.07, 6.45) is 5.60. The van der Waals surface area contributed by atoms with Crippen molar-refractivity contribution in [2.75, 3.05) is 20.1 Å². The molecule has 0 bridgehead atoms. The third kappa shape index (κ3) is 5.37. The average Bonchev–Trinajstić information content (AvgIpc) is 2.38. The van der Waals surface area contributed by atoms with Crippen molar-refractivity contribution in [1.29, 1.82) is 0 Å². The van der Waals surface area contributed by atoms with E-state index in [-0.39, 0.29) is 0 Å². The summed E-state index contributed by atoms with van der Waals surface area (Å²) in [5.74, 6) is 1.66. The van der Waals surface area contributed by atoms with Gasteiger partial charge in [0.25, 0.3) is 0 Å². The first kappa shape index (κ1) is 18.0. The van der Waals surface area contributed by atoms with Gasteiger partial charge in [-0.3, -0.25) is 0 Å². The summed E-state index contributed by atoms with van der Waals surface area (Å²) in [7, 11) is 2.32. The highest BCUT2D eigenvalue weighted by Crippen LogP contribution is 2.39. The van der Waals surface area contributed by atoms with Crippen LogP contribution in [0.4, 0.5) is 0 Å². The molecule has 2 heteroatoms. The Bertz CT molecular complexity index is 265. The summed E-state index contributed by atoms with van der Waals surface area (Å²) < 4.78 is 0. The van der Waals surface area contributed by atoms with Crippen LogP contribution in [0.1, 0.15) is 67.2 Å².